The molecule has 24 heavy (non-hydrogen) atoms. The van der Waals surface area contributed by atoms with E-state index in [0.717, 1.165) is 18.7 Å². The van der Waals surface area contributed by atoms with Crippen LogP contribution in [0.4, 0.5) is 0 Å². The number of benzene rings is 1. The number of carbonyl (C=O) groups is 1. The Hall–Kier alpha value is -1.92. The number of carboxylic acids is 1. The van der Waals surface area contributed by atoms with E-state index in [2.05, 4.69) is 33.9 Å². The van der Waals surface area contributed by atoms with E-state index in [1.54, 1.807) is 0 Å². The summed E-state index contributed by atoms with van der Waals surface area (Å²) in [4.78, 5) is 22.5. The Bertz CT molecular complexity index is 745. The van der Waals surface area contributed by atoms with Gasteiger partial charge >= 0.3 is 5.97 Å². The van der Waals surface area contributed by atoms with Crippen LogP contribution in [0.2, 0.25) is 0 Å². The first kappa shape index (κ1) is 16.9. The maximum atomic E-state index is 11.5. The lowest BCUT2D eigenvalue weighted by molar-refractivity contribution is 0.0696. The molecular weight excluding hydrogens is 322 g/mol. The molecule has 1 aromatic heterocycles. The molecule has 1 saturated heterocycles. The molecule has 2 aromatic rings. The van der Waals surface area contributed by atoms with Crippen LogP contribution in [0.1, 0.15) is 41.7 Å². The SMILES string of the molecule is CSc1ncc(C(=O)O)c(-c2cccc([C@H](C)N3CCCC3)c2)n1. The summed E-state index contributed by atoms with van der Waals surface area (Å²) in [6.45, 7) is 4.45. The number of hydrogen-bond acceptors (Lipinski definition) is 5. The highest BCUT2D eigenvalue weighted by Gasteiger charge is 2.21. The van der Waals surface area contributed by atoms with Crippen molar-refractivity contribution in [3.05, 3.63) is 41.6 Å². The van der Waals surface area contributed by atoms with Gasteiger partial charge in [-0.1, -0.05) is 30.0 Å². The predicted octanol–water partition coefficient (Wildman–Crippen LogP) is 3.72. The number of likely N-dealkylation sites (tertiary alicyclic amines) is 1. The van der Waals surface area contributed by atoms with Crippen molar-refractivity contribution in [3.63, 3.8) is 0 Å². The minimum Gasteiger partial charge on any atom is -0.478 e. The molecule has 1 N–H and O–H groups in total. The first-order valence-corrected chi connectivity index (χ1v) is 9.31. The first-order valence-electron chi connectivity index (χ1n) is 8.09. The fraction of sp³-hybridized carbons (Fsp3) is 0.389. The Morgan fingerprint density at radius 2 is 2.08 bits per heavy atom. The van der Waals surface area contributed by atoms with Crippen molar-refractivity contribution < 1.29 is 9.90 Å². The van der Waals surface area contributed by atoms with Crippen LogP contribution < -0.4 is 0 Å². The van der Waals surface area contributed by atoms with Gasteiger partial charge in [-0.3, -0.25) is 4.90 Å². The highest BCUT2D eigenvalue weighted by Crippen LogP contribution is 2.29. The third-order valence-corrected chi connectivity index (χ3v) is 5.07. The summed E-state index contributed by atoms with van der Waals surface area (Å²) in [6, 6.07) is 8.37. The molecule has 126 valence electrons. The van der Waals surface area contributed by atoms with Crippen LogP contribution in [0, 0.1) is 0 Å². The minimum atomic E-state index is -1.00. The Morgan fingerprint density at radius 3 is 2.75 bits per heavy atom. The molecule has 0 unspecified atom stereocenters. The van der Waals surface area contributed by atoms with Crippen LogP contribution in [0.5, 0.6) is 0 Å². The van der Waals surface area contributed by atoms with Gasteiger partial charge in [-0.05, 0) is 50.7 Å². The zero-order valence-electron chi connectivity index (χ0n) is 13.9. The summed E-state index contributed by atoms with van der Waals surface area (Å²) in [7, 11) is 0. The van der Waals surface area contributed by atoms with Gasteiger partial charge in [0.05, 0.1) is 5.69 Å². The summed E-state index contributed by atoms with van der Waals surface area (Å²) in [6.07, 6.45) is 5.77. The van der Waals surface area contributed by atoms with E-state index in [9.17, 15) is 9.90 Å². The minimum absolute atomic E-state index is 0.138. The molecule has 1 fully saturated rings. The number of thioether (sulfide) groups is 1. The van der Waals surface area contributed by atoms with Gasteiger partial charge in [0.15, 0.2) is 5.16 Å². The Kier molecular flexibility index (Phi) is 5.16. The molecule has 1 aliphatic heterocycles. The van der Waals surface area contributed by atoms with Crippen molar-refractivity contribution in [1.82, 2.24) is 14.9 Å². The predicted molar refractivity (Wildman–Crippen MR) is 95.4 cm³/mol. The third kappa shape index (κ3) is 3.44. The lowest BCUT2D eigenvalue weighted by Crippen LogP contribution is -2.23. The summed E-state index contributed by atoms with van der Waals surface area (Å²) in [5.74, 6) is -1.00. The molecule has 0 saturated carbocycles. The molecule has 1 aromatic carbocycles. The second-order valence-electron chi connectivity index (χ2n) is 5.97. The average Bonchev–Trinajstić information content (AvgIpc) is 3.15. The fourth-order valence-corrected chi connectivity index (χ4v) is 3.47. The summed E-state index contributed by atoms with van der Waals surface area (Å²) >= 11 is 1.41. The molecule has 0 bridgehead atoms. The van der Waals surface area contributed by atoms with Crippen molar-refractivity contribution in [2.75, 3.05) is 19.3 Å². The zero-order valence-corrected chi connectivity index (χ0v) is 14.7. The largest absolute Gasteiger partial charge is 0.478 e. The van der Waals surface area contributed by atoms with Gasteiger partial charge in [0.2, 0.25) is 0 Å². The molecule has 1 aliphatic rings. The maximum absolute atomic E-state index is 11.5. The fourth-order valence-electron chi connectivity index (χ4n) is 3.13. The molecule has 1 atom stereocenters. The molecule has 0 radical (unpaired) electrons. The summed E-state index contributed by atoms with van der Waals surface area (Å²) in [5.41, 5.74) is 2.64. The molecule has 2 heterocycles. The van der Waals surface area contributed by atoms with Crippen LogP contribution in [0.25, 0.3) is 11.3 Å². The third-order valence-electron chi connectivity index (χ3n) is 4.51. The van der Waals surface area contributed by atoms with Gasteiger partial charge in [0.25, 0.3) is 0 Å². The van der Waals surface area contributed by atoms with Crippen molar-refractivity contribution in [2.45, 2.75) is 31.0 Å². The van der Waals surface area contributed by atoms with Gasteiger partial charge in [0.1, 0.15) is 5.56 Å². The number of aromatic nitrogens is 2. The van der Waals surface area contributed by atoms with Gasteiger partial charge in [-0.2, -0.15) is 0 Å². The zero-order chi connectivity index (χ0) is 17.1. The number of nitrogens with zero attached hydrogens (tertiary/aromatic N) is 3. The lowest BCUT2D eigenvalue weighted by Gasteiger charge is -2.24. The molecule has 5 nitrogen and oxygen atoms in total. The molecule has 6 heteroatoms. The van der Waals surface area contributed by atoms with E-state index < -0.39 is 5.97 Å². The van der Waals surface area contributed by atoms with E-state index >= 15 is 0 Å². The summed E-state index contributed by atoms with van der Waals surface area (Å²) < 4.78 is 0. The molecule has 0 amide bonds. The van der Waals surface area contributed by atoms with Gasteiger partial charge in [-0.25, -0.2) is 14.8 Å². The van der Waals surface area contributed by atoms with Crippen LogP contribution in [-0.2, 0) is 0 Å². The van der Waals surface area contributed by atoms with Crippen molar-refractivity contribution in [3.8, 4) is 11.3 Å². The van der Waals surface area contributed by atoms with Gasteiger partial charge in [0, 0.05) is 17.8 Å². The van der Waals surface area contributed by atoms with E-state index in [0.29, 0.717) is 16.9 Å². The van der Waals surface area contributed by atoms with Crippen molar-refractivity contribution in [1.29, 1.82) is 0 Å². The Labute approximate surface area is 146 Å². The first-order chi connectivity index (χ1) is 11.6. The number of hydrogen-bond donors (Lipinski definition) is 1. The number of carboxylic acid groups (broad SMARTS) is 1. The monoisotopic (exact) mass is 343 g/mol. The van der Waals surface area contributed by atoms with Crippen LogP contribution in [-0.4, -0.2) is 45.3 Å². The van der Waals surface area contributed by atoms with Crippen molar-refractivity contribution >= 4 is 17.7 Å². The van der Waals surface area contributed by atoms with E-state index in [1.165, 1.54) is 36.4 Å². The van der Waals surface area contributed by atoms with E-state index in [-0.39, 0.29) is 5.56 Å². The van der Waals surface area contributed by atoms with Crippen LogP contribution in [0.15, 0.2) is 35.6 Å². The maximum Gasteiger partial charge on any atom is 0.339 e. The standard InChI is InChI=1S/C18H21N3O2S/c1-12(21-8-3-4-9-21)13-6-5-7-14(10-13)16-15(17(22)23)11-19-18(20-16)24-2/h5-7,10-12H,3-4,8-9H2,1-2H3,(H,22,23)/t12-/m0/s1. The molecule has 0 aliphatic carbocycles. The molecule has 0 spiro atoms. The molecule has 3 rings (SSSR count). The van der Waals surface area contributed by atoms with Gasteiger partial charge in [-0.15, -0.1) is 0 Å². The van der Waals surface area contributed by atoms with Gasteiger partial charge < -0.3 is 5.11 Å². The molecular formula is C18H21N3O2S. The topological polar surface area (TPSA) is 66.3 Å². The second kappa shape index (κ2) is 7.32. The van der Waals surface area contributed by atoms with Crippen LogP contribution >= 0.6 is 11.8 Å². The quantitative estimate of drug-likeness (QED) is 0.659. The number of aromatic carboxylic acids is 1. The second-order valence-corrected chi connectivity index (χ2v) is 6.74. The van der Waals surface area contributed by atoms with E-state index in [4.69, 9.17) is 0 Å². The lowest BCUT2D eigenvalue weighted by atomic mass is 10.0. The summed E-state index contributed by atoms with van der Waals surface area (Å²) in [5, 5.41) is 10.0. The highest BCUT2D eigenvalue weighted by molar-refractivity contribution is 7.98. The average molecular weight is 343 g/mol. The normalized spacial score (nSPS) is 16.2. The van der Waals surface area contributed by atoms with E-state index in [1.807, 2.05) is 18.4 Å². The Balaban J connectivity index is 2.00. The smallest absolute Gasteiger partial charge is 0.339 e. The van der Waals surface area contributed by atoms with Crippen molar-refractivity contribution in [2.24, 2.45) is 0 Å². The number of rotatable bonds is 5. The Morgan fingerprint density at radius 1 is 1.33 bits per heavy atom. The van der Waals surface area contributed by atoms with Crippen LogP contribution in [0.3, 0.4) is 0 Å². The highest BCUT2D eigenvalue weighted by atomic mass is 32.2.